The lowest BCUT2D eigenvalue weighted by Gasteiger charge is -2.20. The van der Waals surface area contributed by atoms with Gasteiger partial charge in [-0.1, -0.05) is 21.6 Å². The molecule has 0 aliphatic rings. The van der Waals surface area contributed by atoms with E-state index in [0.29, 0.717) is 26.4 Å². The molecule has 0 unspecified atom stereocenters. The van der Waals surface area contributed by atoms with Gasteiger partial charge in [0.1, 0.15) is 0 Å². The summed E-state index contributed by atoms with van der Waals surface area (Å²) < 4.78 is 22.7. The van der Waals surface area contributed by atoms with E-state index in [2.05, 4.69) is 0 Å². The maximum Gasteiger partial charge on any atom is 0.188 e. The number of rotatable bonds is 20. The van der Waals surface area contributed by atoms with Gasteiger partial charge >= 0.3 is 0 Å². The zero-order valence-electron chi connectivity index (χ0n) is 17.1. The Kier molecular flexibility index (Phi) is 20.5. The maximum absolute atomic E-state index is 5.67. The standard InChI is InChI=1S/C16H36O4P2S5/c1-5-17-21(23,18-6-2)13-9-11-15-25-27-26-16-12-10-14-22(24,19-7-3)20-8-4/h5-16H2,1-4H3. The summed E-state index contributed by atoms with van der Waals surface area (Å²) in [4.78, 5) is 0. The molecule has 0 bridgehead atoms. The first-order valence-electron chi connectivity index (χ1n) is 9.62. The normalized spacial score (nSPS) is 12.6. The molecule has 0 aliphatic carbocycles. The van der Waals surface area contributed by atoms with E-state index in [-0.39, 0.29) is 0 Å². The van der Waals surface area contributed by atoms with E-state index in [1.165, 1.54) is 0 Å². The Hall–Kier alpha value is 2.19. The van der Waals surface area contributed by atoms with Crippen molar-refractivity contribution in [1.82, 2.24) is 0 Å². The van der Waals surface area contributed by atoms with Gasteiger partial charge in [-0.25, -0.2) is 0 Å². The first-order chi connectivity index (χ1) is 12.9. The second-order valence-electron chi connectivity index (χ2n) is 5.47. The average Bonchev–Trinajstić information content (AvgIpc) is 2.60. The van der Waals surface area contributed by atoms with Crippen molar-refractivity contribution in [3.63, 3.8) is 0 Å². The van der Waals surface area contributed by atoms with Crippen LogP contribution in [-0.2, 0) is 41.7 Å². The number of unbranched alkanes of at least 4 members (excludes halogenated alkanes) is 2. The van der Waals surface area contributed by atoms with Crippen molar-refractivity contribution in [2.75, 3.05) is 50.3 Å². The highest BCUT2D eigenvalue weighted by molar-refractivity contribution is 9.09. The van der Waals surface area contributed by atoms with Gasteiger partial charge in [-0.2, -0.15) is 0 Å². The molecule has 0 fully saturated rings. The van der Waals surface area contributed by atoms with Crippen LogP contribution in [0.15, 0.2) is 0 Å². The third-order valence-electron chi connectivity index (χ3n) is 3.22. The summed E-state index contributed by atoms with van der Waals surface area (Å²) in [5, 5.41) is 0. The van der Waals surface area contributed by atoms with Crippen LogP contribution in [0.5, 0.6) is 0 Å². The van der Waals surface area contributed by atoms with E-state index in [9.17, 15) is 0 Å². The molecule has 0 aromatic carbocycles. The fraction of sp³-hybridized carbons (Fsp3) is 1.00. The smallest absolute Gasteiger partial charge is 0.188 e. The summed E-state index contributed by atoms with van der Waals surface area (Å²) in [5.41, 5.74) is 0. The summed E-state index contributed by atoms with van der Waals surface area (Å²) in [5.74, 6) is 2.28. The van der Waals surface area contributed by atoms with Gasteiger partial charge in [-0.3, -0.25) is 0 Å². The Balaban J connectivity index is 3.62. The highest BCUT2D eigenvalue weighted by Crippen LogP contribution is 2.50. The average molecular weight is 515 g/mol. The van der Waals surface area contributed by atoms with Gasteiger partial charge in [0.15, 0.2) is 13.0 Å². The highest BCUT2D eigenvalue weighted by atomic mass is 33.5. The van der Waals surface area contributed by atoms with Crippen LogP contribution < -0.4 is 0 Å². The quantitative estimate of drug-likeness (QED) is 0.0942. The first kappa shape index (κ1) is 29.2. The Bertz CT molecular complexity index is 385. The number of hydrogen-bond acceptors (Lipinski definition) is 9. The van der Waals surface area contributed by atoms with E-state index in [1.54, 1.807) is 0 Å². The predicted molar refractivity (Wildman–Crippen MR) is 136 cm³/mol. The molecule has 27 heavy (non-hydrogen) atoms. The van der Waals surface area contributed by atoms with Crippen LogP contribution in [0, 0.1) is 0 Å². The zero-order chi connectivity index (χ0) is 20.4. The van der Waals surface area contributed by atoms with E-state index >= 15 is 0 Å². The third-order valence-corrected chi connectivity index (χ3v) is 14.3. The molecular weight excluding hydrogens is 478 g/mol. The summed E-state index contributed by atoms with van der Waals surface area (Å²) in [6.07, 6.45) is 6.23. The van der Waals surface area contributed by atoms with Crippen molar-refractivity contribution in [2.45, 2.75) is 53.4 Å². The van der Waals surface area contributed by atoms with Crippen molar-refractivity contribution in [1.29, 1.82) is 0 Å². The minimum absolute atomic E-state index is 0.641. The molecular formula is C16H36O4P2S5. The fourth-order valence-corrected chi connectivity index (χ4v) is 11.7. The topological polar surface area (TPSA) is 36.9 Å². The lowest BCUT2D eigenvalue weighted by Crippen LogP contribution is -2.00. The van der Waals surface area contributed by atoms with Gasteiger partial charge in [-0.15, -0.1) is 0 Å². The second kappa shape index (κ2) is 18.9. The Morgan fingerprint density at radius 3 is 1.22 bits per heavy atom. The molecule has 0 aliphatic heterocycles. The van der Waals surface area contributed by atoms with Crippen LogP contribution in [0.1, 0.15) is 53.4 Å². The van der Waals surface area contributed by atoms with Crippen molar-refractivity contribution in [3.8, 4) is 0 Å². The Morgan fingerprint density at radius 2 is 0.926 bits per heavy atom. The van der Waals surface area contributed by atoms with Crippen LogP contribution in [-0.4, -0.2) is 50.3 Å². The van der Waals surface area contributed by atoms with Crippen LogP contribution >= 0.6 is 44.4 Å². The molecule has 0 rings (SSSR count). The monoisotopic (exact) mass is 514 g/mol. The van der Waals surface area contributed by atoms with Crippen molar-refractivity contribution in [3.05, 3.63) is 0 Å². The summed E-state index contributed by atoms with van der Waals surface area (Å²) >= 11 is 11.1. The van der Waals surface area contributed by atoms with Crippen LogP contribution in [0.2, 0.25) is 0 Å². The number of hydrogen-bond donors (Lipinski definition) is 0. The van der Waals surface area contributed by atoms with Gasteiger partial charge in [-0.05, 0) is 86.8 Å². The maximum atomic E-state index is 5.67. The molecule has 0 N–H and O–H groups in total. The van der Waals surface area contributed by atoms with Crippen LogP contribution in [0.3, 0.4) is 0 Å². The molecule has 0 atom stereocenters. The van der Waals surface area contributed by atoms with E-state index in [0.717, 1.165) is 49.5 Å². The third kappa shape index (κ3) is 16.5. The van der Waals surface area contributed by atoms with Crippen LogP contribution in [0.25, 0.3) is 0 Å². The molecule has 0 saturated carbocycles. The predicted octanol–water partition coefficient (Wildman–Crippen LogP) is 7.34. The second-order valence-corrected chi connectivity index (χ2v) is 17.6. The molecule has 0 radical (unpaired) electrons. The molecule has 0 saturated heterocycles. The lowest BCUT2D eigenvalue weighted by atomic mass is 10.4. The SMILES string of the molecule is CCOP(=S)(CCCCSSSCCCCP(=S)(OCC)OCC)OCC. The van der Waals surface area contributed by atoms with Gasteiger partial charge in [0.2, 0.25) is 0 Å². The fourth-order valence-electron chi connectivity index (χ4n) is 2.15. The molecule has 0 aromatic rings. The van der Waals surface area contributed by atoms with E-state index in [4.69, 9.17) is 41.7 Å². The van der Waals surface area contributed by atoms with Crippen molar-refractivity contribution >= 4 is 68.0 Å². The van der Waals surface area contributed by atoms with Gasteiger partial charge in [0.25, 0.3) is 0 Å². The largest absolute Gasteiger partial charge is 0.330 e. The van der Waals surface area contributed by atoms with E-state index in [1.807, 2.05) is 59.1 Å². The van der Waals surface area contributed by atoms with Crippen molar-refractivity contribution in [2.24, 2.45) is 0 Å². The van der Waals surface area contributed by atoms with Gasteiger partial charge < -0.3 is 18.1 Å². The minimum Gasteiger partial charge on any atom is -0.330 e. The van der Waals surface area contributed by atoms with Gasteiger partial charge in [0, 0.05) is 23.8 Å². The summed E-state index contributed by atoms with van der Waals surface area (Å²) in [7, 11) is 5.73. The molecule has 11 heteroatoms. The molecule has 0 aromatic heterocycles. The lowest BCUT2D eigenvalue weighted by molar-refractivity contribution is 0.265. The van der Waals surface area contributed by atoms with Crippen molar-refractivity contribution < 1.29 is 18.1 Å². The molecule has 0 spiro atoms. The Morgan fingerprint density at radius 1 is 0.593 bits per heavy atom. The zero-order valence-corrected chi connectivity index (χ0v) is 22.9. The van der Waals surface area contributed by atoms with Gasteiger partial charge in [0.05, 0.1) is 26.4 Å². The first-order valence-corrected chi connectivity index (χ1v) is 19.1. The summed E-state index contributed by atoms with van der Waals surface area (Å²) in [6.45, 7) is 6.42. The molecule has 0 heterocycles. The molecule has 164 valence electrons. The highest BCUT2D eigenvalue weighted by Gasteiger charge is 2.17. The molecule has 0 amide bonds. The summed E-state index contributed by atoms with van der Waals surface area (Å²) in [6, 6.07) is 0. The van der Waals surface area contributed by atoms with Crippen LogP contribution in [0.4, 0.5) is 0 Å². The molecule has 4 nitrogen and oxygen atoms in total. The van der Waals surface area contributed by atoms with E-state index < -0.39 is 13.0 Å². The minimum atomic E-state index is -2.03. The Labute approximate surface area is 188 Å².